The van der Waals surface area contributed by atoms with Crippen LogP contribution in [0.25, 0.3) is 11.1 Å². The van der Waals surface area contributed by atoms with Crippen LogP contribution in [-0.4, -0.2) is 32.2 Å². The number of hydrogen-bond donors (Lipinski definition) is 1. The Labute approximate surface area is 175 Å². The number of esters is 1. The molecule has 0 heterocycles. The van der Waals surface area contributed by atoms with Crippen molar-refractivity contribution in [2.75, 3.05) is 19.5 Å². The van der Waals surface area contributed by atoms with Gasteiger partial charge in [0.25, 0.3) is 5.91 Å². The Morgan fingerprint density at radius 1 is 0.800 bits per heavy atom. The van der Waals surface area contributed by atoms with Crippen LogP contribution >= 0.6 is 0 Å². The molecule has 1 N–H and O–H groups in total. The molecule has 0 aliphatic heterocycles. The minimum Gasteiger partial charge on any atom is -0.496 e. The molecule has 0 bridgehead atoms. The van der Waals surface area contributed by atoms with Crippen molar-refractivity contribution in [3.05, 3.63) is 78.4 Å². The van der Waals surface area contributed by atoms with E-state index >= 15 is 0 Å². The SMILES string of the molecule is COc1cccc(OC)c1C(=O)O[C@H](C)C(=O)Nc1ccccc1-c1ccccc1. The highest BCUT2D eigenvalue weighted by Gasteiger charge is 2.25. The maximum atomic E-state index is 12.7. The van der Waals surface area contributed by atoms with E-state index in [-0.39, 0.29) is 5.56 Å². The van der Waals surface area contributed by atoms with Gasteiger partial charge in [0.2, 0.25) is 0 Å². The summed E-state index contributed by atoms with van der Waals surface area (Å²) < 4.78 is 15.9. The molecule has 0 saturated carbocycles. The summed E-state index contributed by atoms with van der Waals surface area (Å²) in [5, 5.41) is 2.84. The molecule has 1 atom stereocenters. The largest absolute Gasteiger partial charge is 0.496 e. The molecule has 3 aromatic carbocycles. The van der Waals surface area contributed by atoms with Crippen LogP contribution in [0.3, 0.4) is 0 Å². The van der Waals surface area contributed by atoms with E-state index in [1.54, 1.807) is 24.3 Å². The predicted octanol–water partition coefficient (Wildman–Crippen LogP) is 4.55. The number of carbonyl (C=O) groups excluding carboxylic acids is 2. The Hall–Kier alpha value is -3.80. The second kappa shape index (κ2) is 9.60. The molecule has 0 spiro atoms. The van der Waals surface area contributed by atoms with E-state index in [0.717, 1.165) is 11.1 Å². The second-order valence-electron chi connectivity index (χ2n) is 6.49. The minimum absolute atomic E-state index is 0.131. The highest BCUT2D eigenvalue weighted by Crippen LogP contribution is 2.30. The molecule has 3 rings (SSSR count). The van der Waals surface area contributed by atoms with Crippen LogP contribution in [0.1, 0.15) is 17.3 Å². The van der Waals surface area contributed by atoms with Gasteiger partial charge in [-0.05, 0) is 30.7 Å². The van der Waals surface area contributed by atoms with Crippen molar-refractivity contribution in [2.45, 2.75) is 13.0 Å². The average molecular weight is 405 g/mol. The van der Waals surface area contributed by atoms with Gasteiger partial charge < -0.3 is 19.5 Å². The Balaban J connectivity index is 1.76. The molecule has 6 nitrogen and oxygen atoms in total. The topological polar surface area (TPSA) is 73.9 Å². The lowest BCUT2D eigenvalue weighted by atomic mass is 10.0. The summed E-state index contributed by atoms with van der Waals surface area (Å²) in [6, 6.07) is 22.1. The normalized spacial score (nSPS) is 11.3. The lowest BCUT2D eigenvalue weighted by molar-refractivity contribution is -0.123. The number of methoxy groups -OCH3 is 2. The summed E-state index contributed by atoms with van der Waals surface area (Å²) in [6.45, 7) is 1.51. The zero-order valence-electron chi connectivity index (χ0n) is 17.0. The van der Waals surface area contributed by atoms with Crippen LogP contribution in [0.5, 0.6) is 11.5 Å². The molecule has 3 aromatic rings. The highest BCUT2D eigenvalue weighted by atomic mass is 16.6. The first-order chi connectivity index (χ1) is 14.5. The number of rotatable bonds is 7. The zero-order chi connectivity index (χ0) is 21.5. The van der Waals surface area contributed by atoms with Gasteiger partial charge in [-0.25, -0.2) is 4.79 Å². The van der Waals surface area contributed by atoms with Gasteiger partial charge in [-0.2, -0.15) is 0 Å². The Morgan fingerprint density at radius 2 is 1.40 bits per heavy atom. The molecule has 0 unspecified atom stereocenters. The van der Waals surface area contributed by atoms with Crippen molar-refractivity contribution < 1.29 is 23.8 Å². The molecule has 0 radical (unpaired) electrons. The van der Waals surface area contributed by atoms with Gasteiger partial charge in [0.15, 0.2) is 6.10 Å². The van der Waals surface area contributed by atoms with Gasteiger partial charge in [-0.3, -0.25) is 4.79 Å². The molecule has 0 aliphatic rings. The standard InChI is InChI=1S/C24H23NO5/c1-16(30-24(27)22-20(28-2)14-9-15-21(22)29-3)23(26)25-19-13-8-7-12-18(19)17-10-5-4-6-11-17/h4-16H,1-3H3,(H,25,26)/t16-/m1/s1. The lowest BCUT2D eigenvalue weighted by Crippen LogP contribution is -2.30. The molecular formula is C24H23NO5. The van der Waals surface area contributed by atoms with Crippen LogP contribution in [-0.2, 0) is 9.53 Å². The molecular weight excluding hydrogens is 382 g/mol. The maximum Gasteiger partial charge on any atom is 0.346 e. The molecule has 0 saturated heterocycles. The van der Waals surface area contributed by atoms with Gasteiger partial charge >= 0.3 is 5.97 Å². The van der Waals surface area contributed by atoms with E-state index in [1.165, 1.54) is 21.1 Å². The fraction of sp³-hybridized carbons (Fsp3) is 0.167. The first-order valence-corrected chi connectivity index (χ1v) is 9.42. The Kier molecular flexibility index (Phi) is 6.70. The van der Waals surface area contributed by atoms with Gasteiger partial charge in [0.05, 0.1) is 14.2 Å². The van der Waals surface area contributed by atoms with Crippen LogP contribution in [0.4, 0.5) is 5.69 Å². The predicted molar refractivity (Wildman–Crippen MR) is 115 cm³/mol. The zero-order valence-corrected chi connectivity index (χ0v) is 17.0. The van der Waals surface area contributed by atoms with E-state index in [0.29, 0.717) is 17.2 Å². The minimum atomic E-state index is -1.03. The van der Waals surface area contributed by atoms with E-state index in [4.69, 9.17) is 14.2 Å². The van der Waals surface area contributed by atoms with Crippen molar-refractivity contribution in [3.63, 3.8) is 0 Å². The van der Waals surface area contributed by atoms with Gasteiger partial charge in [-0.1, -0.05) is 54.6 Å². The van der Waals surface area contributed by atoms with E-state index < -0.39 is 18.0 Å². The van der Waals surface area contributed by atoms with E-state index in [1.807, 2.05) is 48.5 Å². The quantitative estimate of drug-likeness (QED) is 0.584. The van der Waals surface area contributed by atoms with Crippen molar-refractivity contribution in [2.24, 2.45) is 0 Å². The van der Waals surface area contributed by atoms with Crippen molar-refractivity contribution >= 4 is 17.6 Å². The van der Waals surface area contributed by atoms with Crippen molar-refractivity contribution in [1.29, 1.82) is 0 Å². The maximum absolute atomic E-state index is 12.7. The summed E-state index contributed by atoms with van der Waals surface area (Å²) in [6.07, 6.45) is -1.03. The van der Waals surface area contributed by atoms with Crippen molar-refractivity contribution in [3.8, 4) is 22.6 Å². The number of amides is 1. The molecule has 154 valence electrons. The number of nitrogens with one attached hydrogen (secondary N) is 1. The van der Waals surface area contributed by atoms with Crippen LogP contribution in [0.2, 0.25) is 0 Å². The number of carbonyl (C=O) groups is 2. The second-order valence-corrected chi connectivity index (χ2v) is 6.49. The number of hydrogen-bond acceptors (Lipinski definition) is 5. The Morgan fingerprint density at radius 3 is 2.03 bits per heavy atom. The molecule has 0 aromatic heterocycles. The molecule has 1 amide bonds. The van der Waals surface area contributed by atoms with Crippen LogP contribution in [0, 0.1) is 0 Å². The third kappa shape index (κ3) is 4.60. The summed E-state index contributed by atoms with van der Waals surface area (Å²) in [4.78, 5) is 25.4. The number of anilines is 1. The van der Waals surface area contributed by atoms with Gasteiger partial charge in [0.1, 0.15) is 17.1 Å². The highest BCUT2D eigenvalue weighted by molar-refractivity contribution is 6.01. The fourth-order valence-electron chi connectivity index (χ4n) is 3.02. The van der Waals surface area contributed by atoms with Crippen LogP contribution in [0.15, 0.2) is 72.8 Å². The first kappa shape index (κ1) is 20.9. The lowest BCUT2D eigenvalue weighted by Gasteiger charge is -2.17. The summed E-state index contributed by atoms with van der Waals surface area (Å²) in [7, 11) is 2.89. The van der Waals surface area contributed by atoms with Gasteiger partial charge in [0, 0.05) is 11.3 Å². The third-order valence-corrected chi connectivity index (χ3v) is 4.55. The number of para-hydroxylation sites is 1. The smallest absolute Gasteiger partial charge is 0.346 e. The molecule has 0 fully saturated rings. The summed E-state index contributed by atoms with van der Waals surface area (Å²) in [5.41, 5.74) is 2.60. The third-order valence-electron chi connectivity index (χ3n) is 4.55. The summed E-state index contributed by atoms with van der Waals surface area (Å²) in [5.74, 6) is -0.536. The first-order valence-electron chi connectivity index (χ1n) is 9.42. The van der Waals surface area contributed by atoms with Crippen LogP contribution < -0.4 is 14.8 Å². The van der Waals surface area contributed by atoms with E-state index in [2.05, 4.69) is 5.32 Å². The molecule has 6 heteroatoms. The molecule has 30 heavy (non-hydrogen) atoms. The monoisotopic (exact) mass is 405 g/mol. The number of ether oxygens (including phenoxy) is 3. The average Bonchev–Trinajstić information content (AvgIpc) is 2.79. The number of benzene rings is 3. The van der Waals surface area contributed by atoms with E-state index in [9.17, 15) is 9.59 Å². The molecule has 0 aliphatic carbocycles. The fourth-order valence-corrected chi connectivity index (χ4v) is 3.02. The Bertz CT molecular complexity index is 1010. The summed E-state index contributed by atoms with van der Waals surface area (Å²) >= 11 is 0. The van der Waals surface area contributed by atoms with Gasteiger partial charge in [-0.15, -0.1) is 0 Å². The van der Waals surface area contributed by atoms with Crippen molar-refractivity contribution in [1.82, 2.24) is 0 Å².